The molecule has 1 N–H and O–H groups in total. The second kappa shape index (κ2) is 7.59. The predicted octanol–water partition coefficient (Wildman–Crippen LogP) is 3.07. The van der Waals surface area contributed by atoms with Gasteiger partial charge < -0.3 is 14.9 Å². The maximum atomic E-state index is 13.6. The van der Waals surface area contributed by atoms with Gasteiger partial charge in [-0.3, -0.25) is 14.6 Å². The highest BCUT2D eigenvalue weighted by Gasteiger charge is 2.53. The van der Waals surface area contributed by atoms with E-state index >= 15 is 0 Å². The first-order valence-corrected chi connectivity index (χ1v) is 10.2. The Bertz CT molecular complexity index is 930. The van der Waals surface area contributed by atoms with Gasteiger partial charge in [0.1, 0.15) is 0 Å². The van der Waals surface area contributed by atoms with Crippen molar-refractivity contribution in [1.82, 2.24) is 14.8 Å². The number of hydrogen-bond acceptors (Lipinski definition) is 4. The molecule has 0 bridgehead atoms. The fourth-order valence-corrected chi connectivity index (χ4v) is 5.02. The van der Waals surface area contributed by atoms with Crippen molar-refractivity contribution in [2.75, 3.05) is 26.7 Å². The van der Waals surface area contributed by atoms with Gasteiger partial charge in [0.15, 0.2) is 0 Å². The number of carboxylic acids is 1. The molecule has 1 aromatic heterocycles. The van der Waals surface area contributed by atoms with Gasteiger partial charge in [-0.1, -0.05) is 30.3 Å². The van der Waals surface area contributed by atoms with Gasteiger partial charge in [-0.2, -0.15) is 0 Å². The zero-order valence-electron chi connectivity index (χ0n) is 17.0. The highest BCUT2D eigenvalue weighted by atomic mass is 16.4. The molecule has 3 heterocycles. The molecular formula is C23H27N3O3. The van der Waals surface area contributed by atoms with Gasteiger partial charge in [0.05, 0.1) is 16.7 Å². The minimum Gasteiger partial charge on any atom is -0.481 e. The van der Waals surface area contributed by atoms with E-state index in [0.29, 0.717) is 37.2 Å². The van der Waals surface area contributed by atoms with Crippen LogP contribution < -0.4 is 0 Å². The highest BCUT2D eigenvalue weighted by molar-refractivity contribution is 6.02. The van der Waals surface area contributed by atoms with Crippen LogP contribution in [0.2, 0.25) is 0 Å². The maximum absolute atomic E-state index is 13.6. The van der Waals surface area contributed by atoms with Crippen molar-refractivity contribution < 1.29 is 14.7 Å². The Hall–Kier alpha value is -2.73. The normalized spacial score (nSPS) is 24.8. The molecule has 2 aromatic rings. The van der Waals surface area contributed by atoms with Gasteiger partial charge in [0, 0.05) is 25.3 Å². The summed E-state index contributed by atoms with van der Waals surface area (Å²) < 4.78 is 0. The number of likely N-dealkylation sites (tertiary alicyclic amines) is 2. The van der Waals surface area contributed by atoms with Crippen LogP contribution in [0.4, 0.5) is 0 Å². The van der Waals surface area contributed by atoms with Gasteiger partial charge in [0.25, 0.3) is 5.91 Å². The summed E-state index contributed by atoms with van der Waals surface area (Å²) in [4.78, 5) is 34.1. The first-order chi connectivity index (χ1) is 13.9. The number of rotatable bonds is 3. The van der Waals surface area contributed by atoms with Crippen molar-refractivity contribution in [1.29, 1.82) is 0 Å². The fourth-order valence-electron chi connectivity index (χ4n) is 5.02. The largest absolute Gasteiger partial charge is 0.481 e. The zero-order valence-corrected chi connectivity index (χ0v) is 17.0. The van der Waals surface area contributed by atoms with Gasteiger partial charge in [0.2, 0.25) is 0 Å². The maximum Gasteiger partial charge on any atom is 0.311 e. The summed E-state index contributed by atoms with van der Waals surface area (Å²) >= 11 is 0. The smallest absolute Gasteiger partial charge is 0.311 e. The molecular weight excluding hydrogens is 366 g/mol. The lowest BCUT2D eigenvalue weighted by Gasteiger charge is -2.51. The summed E-state index contributed by atoms with van der Waals surface area (Å²) in [6.45, 7) is 3.61. The number of aromatic nitrogens is 1. The third-order valence-corrected chi connectivity index (χ3v) is 6.68. The second-order valence-electron chi connectivity index (χ2n) is 8.25. The van der Waals surface area contributed by atoms with E-state index in [1.54, 1.807) is 6.20 Å². The van der Waals surface area contributed by atoms with Crippen molar-refractivity contribution in [2.45, 2.75) is 32.2 Å². The number of fused-ring (bicyclic) bond motifs is 1. The van der Waals surface area contributed by atoms with Crippen LogP contribution in [0, 0.1) is 12.3 Å². The van der Waals surface area contributed by atoms with Gasteiger partial charge in [-0.25, -0.2) is 0 Å². The number of aliphatic carboxylic acids is 1. The molecule has 0 aliphatic carbocycles. The molecule has 0 spiro atoms. The molecule has 2 fully saturated rings. The molecule has 152 valence electrons. The first-order valence-electron chi connectivity index (χ1n) is 10.2. The van der Waals surface area contributed by atoms with E-state index in [2.05, 4.69) is 9.88 Å². The number of carbonyl (C=O) groups is 2. The van der Waals surface area contributed by atoms with E-state index in [4.69, 9.17) is 0 Å². The van der Waals surface area contributed by atoms with E-state index in [0.717, 1.165) is 24.1 Å². The van der Waals surface area contributed by atoms with Gasteiger partial charge in [-0.05, 0) is 57.0 Å². The number of piperidine rings is 2. The number of aryl methyl sites for hydroxylation is 1. The third-order valence-electron chi connectivity index (χ3n) is 6.68. The standard InChI is InChI=1S/C23H27N3O3/c1-16-20(18(9-12-24-16)17-7-4-3-5-8-17)21(27)26-14-11-23(22(28)29)10-6-13-25(2)19(23)15-26/h3-5,7-9,12,19H,6,10-11,13-15H2,1-2H3,(H,28,29)/t19-,23+/m1/s1. The molecule has 0 radical (unpaired) electrons. The monoisotopic (exact) mass is 393 g/mol. The fraction of sp³-hybridized carbons (Fsp3) is 0.435. The topological polar surface area (TPSA) is 73.7 Å². The lowest BCUT2D eigenvalue weighted by Crippen LogP contribution is -2.63. The molecule has 0 saturated carbocycles. The number of amides is 1. The average Bonchev–Trinajstić information content (AvgIpc) is 2.73. The molecule has 2 aliphatic heterocycles. The zero-order chi connectivity index (χ0) is 20.6. The Kier molecular flexibility index (Phi) is 5.13. The van der Waals surface area contributed by atoms with Crippen LogP contribution in [0.15, 0.2) is 42.6 Å². The predicted molar refractivity (Wildman–Crippen MR) is 111 cm³/mol. The molecule has 4 rings (SSSR count). The van der Waals surface area contributed by atoms with E-state index in [9.17, 15) is 14.7 Å². The van der Waals surface area contributed by atoms with Crippen LogP contribution >= 0.6 is 0 Å². The highest BCUT2D eigenvalue weighted by Crippen LogP contribution is 2.42. The van der Waals surface area contributed by atoms with E-state index in [-0.39, 0.29) is 11.9 Å². The van der Waals surface area contributed by atoms with Gasteiger partial charge in [-0.15, -0.1) is 0 Å². The van der Waals surface area contributed by atoms with Crippen molar-refractivity contribution in [3.05, 3.63) is 53.9 Å². The van der Waals surface area contributed by atoms with Gasteiger partial charge >= 0.3 is 5.97 Å². The number of pyridine rings is 1. The SMILES string of the molecule is Cc1nccc(-c2ccccc2)c1C(=O)N1CC[C@@]2(C(=O)O)CCCN(C)[C@@H]2C1. The molecule has 2 saturated heterocycles. The second-order valence-corrected chi connectivity index (χ2v) is 8.25. The molecule has 6 heteroatoms. The first kappa shape index (κ1) is 19.6. The van der Waals surface area contributed by atoms with Crippen molar-refractivity contribution in [3.63, 3.8) is 0 Å². The summed E-state index contributed by atoms with van der Waals surface area (Å²) in [5.41, 5.74) is 2.40. The van der Waals surface area contributed by atoms with Crippen LogP contribution in [0.5, 0.6) is 0 Å². The van der Waals surface area contributed by atoms with Crippen LogP contribution in [-0.4, -0.2) is 64.5 Å². The van der Waals surface area contributed by atoms with Crippen molar-refractivity contribution in [2.24, 2.45) is 5.41 Å². The van der Waals surface area contributed by atoms with Crippen LogP contribution in [0.3, 0.4) is 0 Å². The van der Waals surface area contributed by atoms with E-state index in [1.807, 2.05) is 55.3 Å². The summed E-state index contributed by atoms with van der Waals surface area (Å²) in [6, 6.07) is 11.6. The number of carbonyl (C=O) groups excluding carboxylic acids is 1. The Morgan fingerprint density at radius 1 is 1.14 bits per heavy atom. The molecule has 0 unspecified atom stereocenters. The molecule has 1 aromatic carbocycles. The summed E-state index contributed by atoms with van der Waals surface area (Å²) in [7, 11) is 1.97. The molecule has 29 heavy (non-hydrogen) atoms. The lowest BCUT2D eigenvalue weighted by molar-refractivity contribution is -0.161. The van der Waals surface area contributed by atoms with Crippen molar-refractivity contribution in [3.8, 4) is 11.1 Å². The van der Waals surface area contributed by atoms with Crippen LogP contribution in [0.1, 0.15) is 35.3 Å². The Morgan fingerprint density at radius 2 is 1.90 bits per heavy atom. The summed E-state index contributed by atoms with van der Waals surface area (Å²) in [6.07, 6.45) is 3.78. The minimum atomic E-state index is -0.754. The Labute approximate surface area is 171 Å². The molecule has 6 nitrogen and oxygen atoms in total. The summed E-state index contributed by atoms with van der Waals surface area (Å²) in [5.74, 6) is -0.795. The van der Waals surface area contributed by atoms with Crippen LogP contribution in [-0.2, 0) is 4.79 Å². The lowest BCUT2D eigenvalue weighted by atomic mass is 9.68. The molecule has 2 aliphatic rings. The van der Waals surface area contributed by atoms with Crippen LogP contribution in [0.25, 0.3) is 11.1 Å². The Morgan fingerprint density at radius 3 is 2.62 bits per heavy atom. The van der Waals surface area contributed by atoms with E-state index in [1.165, 1.54) is 0 Å². The van der Waals surface area contributed by atoms with Crippen molar-refractivity contribution >= 4 is 11.9 Å². The third kappa shape index (κ3) is 3.31. The Balaban J connectivity index is 1.68. The number of carboxylic acid groups (broad SMARTS) is 1. The molecule has 2 atom stereocenters. The quantitative estimate of drug-likeness (QED) is 0.868. The van der Waals surface area contributed by atoms with E-state index < -0.39 is 11.4 Å². The number of hydrogen-bond donors (Lipinski definition) is 1. The minimum absolute atomic E-state index is 0.0626. The summed E-state index contributed by atoms with van der Waals surface area (Å²) in [5, 5.41) is 9.98. The number of nitrogens with zero attached hydrogens (tertiary/aromatic N) is 3. The number of likely N-dealkylation sites (N-methyl/N-ethyl adjacent to an activating group) is 1. The number of benzene rings is 1. The molecule has 1 amide bonds. The average molecular weight is 393 g/mol.